The van der Waals surface area contributed by atoms with Gasteiger partial charge in [0.15, 0.2) is 0 Å². The molecule has 2 fully saturated rings. The van der Waals surface area contributed by atoms with Gasteiger partial charge in [0.05, 0.1) is 0 Å². The fraction of sp³-hybridized carbons (Fsp3) is 1.00. The molecule has 0 aromatic rings. The molecule has 1 saturated heterocycles. The molecule has 1 aliphatic carbocycles. The largest absolute Gasteiger partial charge is 0.229 e. The molecule has 0 N–H and O–H groups in total. The summed E-state index contributed by atoms with van der Waals surface area (Å²) in [6, 6.07) is 0. The van der Waals surface area contributed by atoms with Crippen LogP contribution in [0.3, 0.4) is 0 Å². The SMILES string of the molecule is CCCCC1(CCCC)CCCC2OOC21CCCC. The molecule has 2 nitrogen and oxygen atoms in total. The first kappa shape index (κ1) is 16.3. The normalized spacial score (nSPS) is 31.6. The van der Waals surface area contributed by atoms with Crippen molar-refractivity contribution in [3.05, 3.63) is 0 Å². The Hall–Kier alpha value is -0.0800. The second-order valence-corrected chi connectivity index (χ2v) is 7.04. The third kappa shape index (κ3) is 2.78. The molecule has 2 atom stereocenters. The Morgan fingerprint density at radius 2 is 1.50 bits per heavy atom. The van der Waals surface area contributed by atoms with Gasteiger partial charge in [-0.3, -0.25) is 0 Å². The van der Waals surface area contributed by atoms with Crippen molar-refractivity contribution in [1.29, 1.82) is 0 Å². The monoisotopic (exact) mass is 282 g/mol. The molecule has 0 radical (unpaired) electrons. The maximum absolute atomic E-state index is 5.93. The highest BCUT2D eigenvalue weighted by molar-refractivity contribution is 5.09. The Morgan fingerprint density at radius 1 is 0.900 bits per heavy atom. The summed E-state index contributed by atoms with van der Waals surface area (Å²) in [7, 11) is 0. The van der Waals surface area contributed by atoms with Crippen molar-refractivity contribution >= 4 is 0 Å². The van der Waals surface area contributed by atoms with Crippen LogP contribution in [0.1, 0.15) is 97.8 Å². The molecular weight excluding hydrogens is 248 g/mol. The molecule has 20 heavy (non-hydrogen) atoms. The molecule has 1 heterocycles. The van der Waals surface area contributed by atoms with E-state index in [9.17, 15) is 0 Å². The van der Waals surface area contributed by atoms with Gasteiger partial charge >= 0.3 is 0 Å². The summed E-state index contributed by atoms with van der Waals surface area (Å²) in [6.07, 6.45) is 16.0. The summed E-state index contributed by atoms with van der Waals surface area (Å²) >= 11 is 0. The van der Waals surface area contributed by atoms with E-state index >= 15 is 0 Å². The molecule has 0 aromatic heterocycles. The lowest BCUT2D eigenvalue weighted by Crippen LogP contribution is -2.68. The lowest BCUT2D eigenvalue weighted by molar-refractivity contribution is -0.544. The Kier molecular flexibility index (Phi) is 5.92. The second kappa shape index (κ2) is 7.26. The third-order valence-corrected chi connectivity index (χ3v) is 5.77. The smallest absolute Gasteiger partial charge is 0.138 e. The standard InChI is InChI=1S/C18H34O2/c1-4-7-12-17(13-8-5-2)14-10-11-16-18(17,20-19-16)15-9-6-3/h16H,4-15H2,1-3H3. The first-order valence-corrected chi connectivity index (χ1v) is 9.09. The van der Waals surface area contributed by atoms with E-state index in [2.05, 4.69) is 20.8 Å². The van der Waals surface area contributed by atoms with Crippen LogP contribution in [0.25, 0.3) is 0 Å². The van der Waals surface area contributed by atoms with Crippen LogP contribution in [-0.2, 0) is 9.78 Å². The first-order chi connectivity index (χ1) is 9.74. The molecule has 0 bridgehead atoms. The minimum atomic E-state index is 0.0611. The van der Waals surface area contributed by atoms with Crippen LogP contribution in [-0.4, -0.2) is 11.7 Å². The van der Waals surface area contributed by atoms with Crippen LogP contribution in [0, 0.1) is 5.41 Å². The zero-order chi connectivity index (χ0) is 14.5. The van der Waals surface area contributed by atoms with Gasteiger partial charge in [0.25, 0.3) is 0 Å². The van der Waals surface area contributed by atoms with Gasteiger partial charge in [0.1, 0.15) is 11.7 Å². The van der Waals surface area contributed by atoms with E-state index in [0.717, 1.165) is 0 Å². The van der Waals surface area contributed by atoms with E-state index in [1.165, 1.54) is 77.0 Å². The van der Waals surface area contributed by atoms with E-state index in [1.54, 1.807) is 0 Å². The quantitative estimate of drug-likeness (QED) is 0.498. The number of hydrogen-bond acceptors (Lipinski definition) is 2. The molecule has 2 aliphatic rings. The molecule has 0 spiro atoms. The van der Waals surface area contributed by atoms with Crippen molar-refractivity contribution in [2.45, 2.75) is 110 Å². The van der Waals surface area contributed by atoms with Crippen molar-refractivity contribution in [2.24, 2.45) is 5.41 Å². The van der Waals surface area contributed by atoms with E-state index in [4.69, 9.17) is 9.78 Å². The number of hydrogen-bond donors (Lipinski definition) is 0. The lowest BCUT2D eigenvalue weighted by atomic mass is 9.55. The van der Waals surface area contributed by atoms with Crippen LogP contribution in [0.5, 0.6) is 0 Å². The average Bonchev–Trinajstić information content (AvgIpc) is 2.45. The van der Waals surface area contributed by atoms with Crippen molar-refractivity contribution in [1.82, 2.24) is 0 Å². The lowest BCUT2D eigenvalue weighted by Gasteiger charge is -2.61. The van der Waals surface area contributed by atoms with Gasteiger partial charge in [-0.15, -0.1) is 0 Å². The fourth-order valence-electron chi connectivity index (χ4n) is 4.52. The fourth-order valence-corrected chi connectivity index (χ4v) is 4.52. The van der Waals surface area contributed by atoms with Gasteiger partial charge in [-0.25, -0.2) is 9.78 Å². The van der Waals surface area contributed by atoms with E-state index in [0.29, 0.717) is 11.5 Å². The molecule has 2 unspecified atom stereocenters. The number of unbranched alkanes of at least 4 members (excludes halogenated alkanes) is 3. The van der Waals surface area contributed by atoms with Crippen LogP contribution in [0.4, 0.5) is 0 Å². The molecule has 0 aromatic carbocycles. The van der Waals surface area contributed by atoms with Crippen molar-refractivity contribution < 1.29 is 9.78 Å². The van der Waals surface area contributed by atoms with E-state index in [1.807, 2.05) is 0 Å². The minimum absolute atomic E-state index is 0.0611. The van der Waals surface area contributed by atoms with E-state index < -0.39 is 0 Å². The highest BCUT2D eigenvalue weighted by Gasteiger charge is 2.64. The highest BCUT2D eigenvalue weighted by Crippen LogP contribution is 2.60. The topological polar surface area (TPSA) is 18.5 Å². The summed E-state index contributed by atoms with van der Waals surface area (Å²) in [5, 5.41) is 0. The molecule has 118 valence electrons. The summed E-state index contributed by atoms with van der Waals surface area (Å²) in [6.45, 7) is 6.91. The molecule has 1 saturated carbocycles. The predicted octanol–water partition coefficient (Wildman–Crippen LogP) is 5.80. The molecule has 2 heteroatoms. The van der Waals surface area contributed by atoms with Crippen molar-refractivity contribution in [3.63, 3.8) is 0 Å². The summed E-state index contributed by atoms with van der Waals surface area (Å²) < 4.78 is 0. The number of rotatable bonds is 9. The molecule has 2 rings (SSSR count). The Bertz CT molecular complexity index is 281. The second-order valence-electron chi connectivity index (χ2n) is 7.04. The van der Waals surface area contributed by atoms with Crippen LogP contribution < -0.4 is 0 Å². The van der Waals surface area contributed by atoms with Gasteiger partial charge in [-0.1, -0.05) is 59.3 Å². The summed E-state index contributed by atoms with van der Waals surface area (Å²) in [4.78, 5) is 11.5. The van der Waals surface area contributed by atoms with Crippen LogP contribution in [0.15, 0.2) is 0 Å². The predicted molar refractivity (Wildman–Crippen MR) is 83.5 cm³/mol. The summed E-state index contributed by atoms with van der Waals surface area (Å²) in [5.74, 6) is 0. The first-order valence-electron chi connectivity index (χ1n) is 9.09. The Labute approximate surface area is 125 Å². The maximum Gasteiger partial charge on any atom is 0.138 e. The van der Waals surface area contributed by atoms with Gasteiger partial charge < -0.3 is 0 Å². The van der Waals surface area contributed by atoms with Gasteiger partial charge in [0, 0.05) is 5.41 Å². The van der Waals surface area contributed by atoms with Gasteiger partial charge in [0.2, 0.25) is 0 Å². The van der Waals surface area contributed by atoms with Crippen molar-refractivity contribution in [3.8, 4) is 0 Å². The van der Waals surface area contributed by atoms with Crippen LogP contribution >= 0.6 is 0 Å². The highest BCUT2D eigenvalue weighted by atomic mass is 17.3. The van der Waals surface area contributed by atoms with E-state index in [-0.39, 0.29) is 5.60 Å². The summed E-state index contributed by atoms with van der Waals surface area (Å²) in [5.41, 5.74) is 0.459. The number of fused-ring (bicyclic) bond motifs is 1. The molecule has 0 amide bonds. The van der Waals surface area contributed by atoms with Crippen LogP contribution in [0.2, 0.25) is 0 Å². The van der Waals surface area contributed by atoms with Crippen molar-refractivity contribution in [2.75, 3.05) is 0 Å². The minimum Gasteiger partial charge on any atom is -0.229 e. The Balaban J connectivity index is 2.18. The Morgan fingerprint density at radius 3 is 2.00 bits per heavy atom. The maximum atomic E-state index is 5.93. The van der Waals surface area contributed by atoms with Gasteiger partial charge in [-0.05, 0) is 38.5 Å². The zero-order valence-corrected chi connectivity index (χ0v) is 13.9. The average molecular weight is 282 g/mol. The van der Waals surface area contributed by atoms with Gasteiger partial charge in [-0.2, -0.15) is 0 Å². The third-order valence-electron chi connectivity index (χ3n) is 5.77. The molecule has 1 aliphatic heterocycles. The zero-order valence-electron chi connectivity index (χ0n) is 13.9. The molecular formula is C18H34O2.